The molecule has 0 bridgehead atoms. The first kappa shape index (κ1) is 12.8. The van der Waals surface area contributed by atoms with Crippen molar-refractivity contribution < 1.29 is 0 Å². The van der Waals surface area contributed by atoms with Crippen LogP contribution in [0.3, 0.4) is 0 Å². The molecule has 0 fully saturated rings. The summed E-state index contributed by atoms with van der Waals surface area (Å²) in [5.74, 6) is 0.598. The molecule has 18 heavy (non-hydrogen) atoms. The molecule has 2 aromatic rings. The molecule has 4 nitrogen and oxygen atoms in total. The van der Waals surface area contributed by atoms with Crippen molar-refractivity contribution in [2.75, 3.05) is 0 Å². The lowest BCUT2D eigenvalue weighted by atomic mass is 10.1. The van der Waals surface area contributed by atoms with Gasteiger partial charge in [0.15, 0.2) is 5.82 Å². The Morgan fingerprint density at radius 2 is 1.94 bits per heavy atom. The van der Waals surface area contributed by atoms with Crippen LogP contribution in [-0.4, -0.2) is 14.8 Å². The quantitative estimate of drug-likeness (QED) is 0.813. The number of rotatable bonds is 1. The van der Waals surface area contributed by atoms with Crippen molar-refractivity contribution in [1.29, 1.82) is 5.26 Å². The molecule has 0 atom stereocenters. The summed E-state index contributed by atoms with van der Waals surface area (Å²) in [4.78, 5) is 4.45. The van der Waals surface area contributed by atoms with E-state index in [0.29, 0.717) is 11.4 Å². The maximum Gasteiger partial charge on any atom is 0.172 e. The van der Waals surface area contributed by atoms with Crippen molar-refractivity contribution in [3.05, 3.63) is 38.7 Å². The summed E-state index contributed by atoms with van der Waals surface area (Å²) < 4.78 is 2.67. The number of hydrogen-bond donors (Lipinski definition) is 0. The van der Waals surface area contributed by atoms with E-state index in [2.05, 4.69) is 32.1 Å². The molecule has 5 heteroatoms. The lowest BCUT2D eigenvalue weighted by Gasteiger charge is -2.09. The monoisotopic (exact) mass is 304 g/mol. The number of halogens is 1. The smallest absolute Gasteiger partial charge is 0.172 e. The van der Waals surface area contributed by atoms with Crippen molar-refractivity contribution in [3.8, 4) is 11.9 Å². The van der Waals surface area contributed by atoms with Crippen molar-refractivity contribution >= 4 is 15.9 Å². The molecule has 0 aliphatic heterocycles. The van der Waals surface area contributed by atoms with E-state index in [1.54, 1.807) is 4.68 Å². The van der Waals surface area contributed by atoms with Crippen LogP contribution in [-0.2, 0) is 0 Å². The molecule has 0 aliphatic carbocycles. The average molecular weight is 305 g/mol. The minimum atomic E-state index is 0.568. The predicted molar refractivity (Wildman–Crippen MR) is 72.7 cm³/mol. The summed E-state index contributed by atoms with van der Waals surface area (Å²) in [6.07, 6.45) is 0. The standard InChI is InChI=1S/C13H13BrN4/c1-7-5-8(2)16-13(11(7)6-15)18-10(4)12(14)9(3)17-18/h5H,1-4H3. The van der Waals surface area contributed by atoms with Crippen LogP contribution in [0.1, 0.15) is 28.2 Å². The highest BCUT2D eigenvalue weighted by Crippen LogP contribution is 2.24. The molecular weight excluding hydrogens is 292 g/mol. The molecule has 0 unspecified atom stereocenters. The lowest BCUT2D eigenvalue weighted by Crippen LogP contribution is -2.07. The molecule has 0 N–H and O–H groups in total. The van der Waals surface area contributed by atoms with Crippen molar-refractivity contribution in [2.45, 2.75) is 27.7 Å². The zero-order valence-corrected chi connectivity index (χ0v) is 12.3. The Bertz CT molecular complexity index is 665. The number of hydrogen-bond acceptors (Lipinski definition) is 3. The molecule has 0 saturated heterocycles. The van der Waals surface area contributed by atoms with Crippen LogP contribution >= 0.6 is 15.9 Å². The summed E-state index contributed by atoms with van der Waals surface area (Å²) in [6, 6.07) is 4.11. The normalized spacial score (nSPS) is 10.4. The first-order valence-electron chi connectivity index (χ1n) is 5.56. The molecule has 2 heterocycles. The van der Waals surface area contributed by atoms with Gasteiger partial charge in [-0.1, -0.05) is 0 Å². The van der Waals surface area contributed by atoms with Crippen LogP contribution < -0.4 is 0 Å². The van der Waals surface area contributed by atoms with Gasteiger partial charge in [-0.3, -0.25) is 0 Å². The second kappa shape index (κ2) is 4.54. The summed E-state index contributed by atoms with van der Waals surface area (Å²) >= 11 is 3.49. The highest BCUT2D eigenvalue weighted by molar-refractivity contribution is 9.10. The van der Waals surface area contributed by atoms with Gasteiger partial charge < -0.3 is 0 Å². The molecule has 0 aliphatic rings. The molecule has 2 rings (SSSR count). The van der Waals surface area contributed by atoms with Crippen LogP contribution in [0.2, 0.25) is 0 Å². The number of nitriles is 1. The highest BCUT2D eigenvalue weighted by Gasteiger charge is 2.16. The summed E-state index contributed by atoms with van der Waals surface area (Å²) in [5.41, 5.74) is 4.20. The molecule has 92 valence electrons. The van der Waals surface area contributed by atoms with E-state index in [-0.39, 0.29) is 0 Å². The Morgan fingerprint density at radius 1 is 1.28 bits per heavy atom. The fourth-order valence-corrected chi connectivity index (χ4v) is 2.19. The number of nitrogens with zero attached hydrogens (tertiary/aromatic N) is 4. The van der Waals surface area contributed by atoms with E-state index in [9.17, 15) is 5.26 Å². The maximum absolute atomic E-state index is 9.28. The third-order valence-corrected chi connectivity index (χ3v) is 3.99. The SMILES string of the molecule is Cc1cc(C)c(C#N)c(-n2nc(C)c(Br)c2C)n1. The van der Waals surface area contributed by atoms with Crippen LogP contribution in [0.4, 0.5) is 0 Å². The minimum Gasteiger partial charge on any atom is -0.233 e. The topological polar surface area (TPSA) is 54.5 Å². The van der Waals surface area contributed by atoms with Crippen molar-refractivity contribution in [1.82, 2.24) is 14.8 Å². The number of aromatic nitrogens is 3. The van der Waals surface area contributed by atoms with Gasteiger partial charge in [0.25, 0.3) is 0 Å². The number of aryl methyl sites for hydroxylation is 3. The average Bonchev–Trinajstić information content (AvgIpc) is 2.56. The molecule has 0 radical (unpaired) electrons. The fourth-order valence-electron chi connectivity index (χ4n) is 1.94. The van der Waals surface area contributed by atoms with Gasteiger partial charge in [0.2, 0.25) is 0 Å². The van der Waals surface area contributed by atoms with Crippen LogP contribution in [0.5, 0.6) is 0 Å². The van der Waals surface area contributed by atoms with E-state index >= 15 is 0 Å². The lowest BCUT2D eigenvalue weighted by molar-refractivity contribution is 0.796. The summed E-state index contributed by atoms with van der Waals surface area (Å²) in [5, 5.41) is 13.7. The van der Waals surface area contributed by atoms with Crippen molar-refractivity contribution in [3.63, 3.8) is 0 Å². The fraction of sp³-hybridized carbons (Fsp3) is 0.308. The first-order valence-corrected chi connectivity index (χ1v) is 6.35. The van der Waals surface area contributed by atoms with E-state index in [0.717, 1.165) is 27.1 Å². The van der Waals surface area contributed by atoms with E-state index in [1.165, 1.54) is 0 Å². The van der Waals surface area contributed by atoms with Gasteiger partial charge in [0.1, 0.15) is 6.07 Å². The molecule has 0 amide bonds. The molecule has 0 saturated carbocycles. The minimum absolute atomic E-state index is 0.568. The summed E-state index contributed by atoms with van der Waals surface area (Å²) in [6.45, 7) is 7.70. The Hall–Kier alpha value is -1.67. The van der Waals surface area contributed by atoms with Gasteiger partial charge in [0, 0.05) is 5.69 Å². The second-order valence-corrected chi connectivity index (χ2v) is 5.08. The third-order valence-electron chi connectivity index (χ3n) is 2.84. The molecule has 0 aromatic carbocycles. The number of pyridine rings is 1. The first-order chi connectivity index (χ1) is 8.45. The van der Waals surface area contributed by atoms with Gasteiger partial charge in [-0.25, -0.2) is 9.67 Å². The Kier molecular flexibility index (Phi) is 3.22. The molecule has 2 aromatic heterocycles. The summed E-state index contributed by atoms with van der Waals surface area (Å²) in [7, 11) is 0. The Balaban J connectivity index is 2.79. The van der Waals surface area contributed by atoms with Crippen LogP contribution in [0.15, 0.2) is 10.5 Å². The predicted octanol–water partition coefficient (Wildman–Crippen LogP) is 3.14. The van der Waals surface area contributed by atoms with E-state index in [1.807, 2.05) is 33.8 Å². The van der Waals surface area contributed by atoms with Gasteiger partial charge in [-0.15, -0.1) is 0 Å². The van der Waals surface area contributed by atoms with Gasteiger partial charge in [-0.05, 0) is 55.3 Å². The Labute approximate surface area is 114 Å². The Morgan fingerprint density at radius 3 is 2.44 bits per heavy atom. The van der Waals surface area contributed by atoms with Gasteiger partial charge in [0.05, 0.1) is 21.4 Å². The van der Waals surface area contributed by atoms with Gasteiger partial charge in [-0.2, -0.15) is 10.4 Å². The van der Waals surface area contributed by atoms with Crippen LogP contribution in [0, 0.1) is 39.0 Å². The van der Waals surface area contributed by atoms with Gasteiger partial charge >= 0.3 is 0 Å². The second-order valence-electron chi connectivity index (χ2n) is 4.29. The zero-order chi connectivity index (χ0) is 13.4. The third kappa shape index (κ3) is 1.93. The molecule has 0 spiro atoms. The largest absolute Gasteiger partial charge is 0.233 e. The van der Waals surface area contributed by atoms with E-state index in [4.69, 9.17) is 0 Å². The zero-order valence-electron chi connectivity index (χ0n) is 10.7. The molecular formula is C13H13BrN4. The maximum atomic E-state index is 9.28. The van der Waals surface area contributed by atoms with E-state index < -0.39 is 0 Å². The highest BCUT2D eigenvalue weighted by atomic mass is 79.9. The van der Waals surface area contributed by atoms with Crippen molar-refractivity contribution in [2.24, 2.45) is 0 Å². The van der Waals surface area contributed by atoms with Crippen LogP contribution in [0.25, 0.3) is 5.82 Å².